The molecule has 0 radical (unpaired) electrons. The average molecular weight is 262 g/mol. The summed E-state index contributed by atoms with van der Waals surface area (Å²) >= 11 is 0. The van der Waals surface area contributed by atoms with Crippen molar-refractivity contribution in [1.82, 2.24) is 10.2 Å². The van der Waals surface area contributed by atoms with E-state index in [1.807, 2.05) is 0 Å². The Balaban J connectivity index is 2.46. The maximum atomic E-state index is 3.68. The summed E-state index contributed by atoms with van der Waals surface area (Å²) in [5, 5.41) is 3.68. The molecule has 19 heavy (non-hydrogen) atoms. The summed E-state index contributed by atoms with van der Waals surface area (Å²) in [6.45, 7) is 13.5. The predicted octanol–water partition coefficient (Wildman–Crippen LogP) is 3.85. The molecule has 1 aromatic rings. The Kier molecular flexibility index (Phi) is 7.11. The number of rotatable bonds is 8. The third-order valence-electron chi connectivity index (χ3n) is 3.70. The lowest BCUT2D eigenvalue weighted by atomic mass is 10.0. The van der Waals surface area contributed by atoms with Crippen LogP contribution in [0.3, 0.4) is 0 Å². The van der Waals surface area contributed by atoms with Gasteiger partial charge in [0.15, 0.2) is 0 Å². The van der Waals surface area contributed by atoms with Crippen LogP contribution >= 0.6 is 0 Å². The molecule has 1 atom stereocenters. The molecule has 0 aromatic heterocycles. The van der Waals surface area contributed by atoms with Crippen LogP contribution in [0.2, 0.25) is 0 Å². The van der Waals surface area contributed by atoms with Crippen LogP contribution in [0.1, 0.15) is 52.6 Å². The van der Waals surface area contributed by atoms with Crippen molar-refractivity contribution in [3.05, 3.63) is 35.9 Å². The van der Waals surface area contributed by atoms with Crippen LogP contribution < -0.4 is 5.32 Å². The Hall–Kier alpha value is -0.860. The van der Waals surface area contributed by atoms with E-state index in [0.29, 0.717) is 18.1 Å². The molecule has 0 saturated heterocycles. The fourth-order valence-corrected chi connectivity index (χ4v) is 2.66. The van der Waals surface area contributed by atoms with E-state index in [1.165, 1.54) is 5.56 Å². The summed E-state index contributed by atoms with van der Waals surface area (Å²) in [6, 6.07) is 12.4. The van der Waals surface area contributed by atoms with E-state index in [9.17, 15) is 0 Å². The monoisotopic (exact) mass is 262 g/mol. The molecule has 2 nitrogen and oxygen atoms in total. The van der Waals surface area contributed by atoms with E-state index in [-0.39, 0.29) is 0 Å². The van der Waals surface area contributed by atoms with Crippen LogP contribution in [0.15, 0.2) is 30.3 Å². The Morgan fingerprint density at radius 2 is 1.58 bits per heavy atom. The third-order valence-corrected chi connectivity index (χ3v) is 3.70. The quantitative estimate of drug-likeness (QED) is 0.765. The van der Waals surface area contributed by atoms with Crippen molar-refractivity contribution in [3.63, 3.8) is 0 Å². The highest BCUT2D eigenvalue weighted by molar-refractivity contribution is 5.18. The van der Waals surface area contributed by atoms with Crippen LogP contribution in [0.25, 0.3) is 0 Å². The summed E-state index contributed by atoms with van der Waals surface area (Å²) in [6.07, 6.45) is 1.13. The molecule has 0 heterocycles. The first-order chi connectivity index (χ1) is 9.06. The highest BCUT2D eigenvalue weighted by atomic mass is 15.2. The summed E-state index contributed by atoms with van der Waals surface area (Å²) in [7, 11) is 0. The lowest BCUT2D eigenvalue weighted by Gasteiger charge is -2.31. The van der Waals surface area contributed by atoms with Crippen molar-refractivity contribution in [3.8, 4) is 0 Å². The van der Waals surface area contributed by atoms with E-state index < -0.39 is 0 Å². The first-order valence-electron chi connectivity index (χ1n) is 7.60. The SMILES string of the molecule is CCC(NCCN(C(C)C)C(C)C)c1ccccc1. The van der Waals surface area contributed by atoms with Gasteiger partial charge in [-0.1, -0.05) is 37.3 Å². The van der Waals surface area contributed by atoms with Gasteiger partial charge in [0.05, 0.1) is 0 Å². The molecule has 0 aliphatic rings. The van der Waals surface area contributed by atoms with Crippen LogP contribution in [0.5, 0.6) is 0 Å². The predicted molar refractivity (Wildman–Crippen MR) is 84.5 cm³/mol. The third kappa shape index (κ3) is 5.33. The molecule has 1 aromatic carbocycles. The maximum absolute atomic E-state index is 3.68. The lowest BCUT2D eigenvalue weighted by molar-refractivity contribution is 0.173. The van der Waals surface area contributed by atoms with Crippen LogP contribution in [-0.4, -0.2) is 30.1 Å². The van der Waals surface area contributed by atoms with Gasteiger partial charge in [-0.15, -0.1) is 0 Å². The van der Waals surface area contributed by atoms with Crippen LogP contribution in [0.4, 0.5) is 0 Å². The van der Waals surface area contributed by atoms with Crippen molar-refractivity contribution < 1.29 is 0 Å². The Morgan fingerprint density at radius 1 is 1.00 bits per heavy atom. The Morgan fingerprint density at radius 3 is 2.05 bits per heavy atom. The summed E-state index contributed by atoms with van der Waals surface area (Å²) in [4.78, 5) is 2.53. The maximum Gasteiger partial charge on any atom is 0.0318 e. The minimum absolute atomic E-state index is 0.474. The van der Waals surface area contributed by atoms with Gasteiger partial charge < -0.3 is 5.32 Å². The molecule has 0 aliphatic carbocycles. The fraction of sp³-hybridized carbons (Fsp3) is 0.647. The van der Waals surface area contributed by atoms with E-state index in [0.717, 1.165) is 19.5 Å². The van der Waals surface area contributed by atoms with Crippen molar-refractivity contribution in [2.75, 3.05) is 13.1 Å². The highest BCUT2D eigenvalue weighted by Crippen LogP contribution is 2.15. The smallest absolute Gasteiger partial charge is 0.0318 e. The zero-order valence-corrected chi connectivity index (χ0v) is 13.2. The highest BCUT2D eigenvalue weighted by Gasteiger charge is 2.14. The van der Waals surface area contributed by atoms with Crippen LogP contribution in [-0.2, 0) is 0 Å². The fourth-order valence-electron chi connectivity index (χ4n) is 2.66. The van der Waals surface area contributed by atoms with Crippen molar-refractivity contribution in [2.24, 2.45) is 0 Å². The van der Waals surface area contributed by atoms with Gasteiger partial charge in [0.25, 0.3) is 0 Å². The molecule has 1 rings (SSSR count). The second-order valence-electron chi connectivity index (χ2n) is 5.75. The minimum atomic E-state index is 0.474. The molecule has 1 unspecified atom stereocenters. The minimum Gasteiger partial charge on any atom is -0.309 e. The number of benzene rings is 1. The number of hydrogen-bond acceptors (Lipinski definition) is 2. The van der Waals surface area contributed by atoms with Gasteiger partial charge >= 0.3 is 0 Å². The molecule has 0 spiro atoms. The zero-order chi connectivity index (χ0) is 14.3. The first kappa shape index (κ1) is 16.2. The largest absolute Gasteiger partial charge is 0.309 e. The lowest BCUT2D eigenvalue weighted by Crippen LogP contribution is -2.42. The summed E-state index contributed by atoms with van der Waals surface area (Å²) in [5.74, 6) is 0. The Labute approximate surface area is 119 Å². The standard InChI is InChI=1S/C17H30N2/c1-6-17(16-10-8-7-9-11-16)18-12-13-19(14(2)3)15(4)5/h7-11,14-15,17-18H,6,12-13H2,1-5H3. The van der Waals surface area contributed by atoms with Crippen molar-refractivity contribution in [1.29, 1.82) is 0 Å². The molecule has 1 N–H and O–H groups in total. The molecular weight excluding hydrogens is 232 g/mol. The van der Waals surface area contributed by atoms with Gasteiger partial charge in [0.2, 0.25) is 0 Å². The van der Waals surface area contributed by atoms with Gasteiger partial charge in [0.1, 0.15) is 0 Å². The van der Waals surface area contributed by atoms with E-state index >= 15 is 0 Å². The molecule has 0 bridgehead atoms. The molecule has 0 saturated carbocycles. The summed E-state index contributed by atoms with van der Waals surface area (Å²) < 4.78 is 0. The van der Waals surface area contributed by atoms with E-state index in [2.05, 4.69) is 75.2 Å². The molecule has 2 heteroatoms. The molecule has 108 valence electrons. The van der Waals surface area contributed by atoms with Gasteiger partial charge in [-0.05, 0) is 39.7 Å². The van der Waals surface area contributed by atoms with E-state index in [4.69, 9.17) is 0 Å². The van der Waals surface area contributed by atoms with Crippen molar-refractivity contribution >= 4 is 0 Å². The number of hydrogen-bond donors (Lipinski definition) is 1. The normalized spacial score (nSPS) is 13.5. The summed E-state index contributed by atoms with van der Waals surface area (Å²) in [5.41, 5.74) is 1.39. The molecule has 0 fully saturated rings. The van der Waals surface area contributed by atoms with Crippen LogP contribution in [0, 0.1) is 0 Å². The topological polar surface area (TPSA) is 15.3 Å². The zero-order valence-electron chi connectivity index (χ0n) is 13.2. The van der Waals surface area contributed by atoms with Gasteiger partial charge in [-0.3, -0.25) is 4.90 Å². The number of nitrogens with one attached hydrogen (secondary N) is 1. The first-order valence-corrected chi connectivity index (χ1v) is 7.60. The molecular formula is C17H30N2. The molecule has 0 amide bonds. The Bertz CT molecular complexity index is 324. The number of nitrogens with zero attached hydrogens (tertiary/aromatic N) is 1. The molecule has 0 aliphatic heterocycles. The van der Waals surface area contributed by atoms with Gasteiger partial charge in [-0.25, -0.2) is 0 Å². The average Bonchev–Trinajstić information content (AvgIpc) is 2.39. The van der Waals surface area contributed by atoms with Gasteiger partial charge in [-0.2, -0.15) is 0 Å². The second kappa shape index (κ2) is 8.34. The van der Waals surface area contributed by atoms with Crippen molar-refractivity contribution in [2.45, 2.75) is 59.2 Å². The van der Waals surface area contributed by atoms with E-state index in [1.54, 1.807) is 0 Å². The van der Waals surface area contributed by atoms with Gasteiger partial charge in [0, 0.05) is 31.2 Å². The second-order valence-corrected chi connectivity index (χ2v) is 5.75.